The summed E-state index contributed by atoms with van der Waals surface area (Å²) in [5.41, 5.74) is -2.61. The van der Waals surface area contributed by atoms with Gasteiger partial charge in [0.05, 0.1) is 12.0 Å². The standard InChI is InChI=1S/C26H25F4N3O5S/c1-14-19(23(34)31-15-7-5-8-16(13-15)39(4,35)36)24(33-32-22(14)26(28,29)30)38-18-10-9-17(20(27)21(18)37-3)25(2)11-6-12-25/h5,7-10,13H,6,11-12H2,1-4H3,(H,31,34). The Kier molecular flexibility index (Phi) is 7.32. The van der Waals surface area contributed by atoms with Gasteiger partial charge in [0.1, 0.15) is 5.56 Å². The second kappa shape index (κ2) is 10.1. The van der Waals surface area contributed by atoms with Gasteiger partial charge < -0.3 is 14.8 Å². The molecule has 1 aromatic heterocycles. The maximum absolute atomic E-state index is 15.4. The molecule has 0 unspecified atom stereocenters. The number of anilines is 1. The second-order valence-corrected chi connectivity index (χ2v) is 11.6. The number of aromatic nitrogens is 2. The molecule has 8 nitrogen and oxygen atoms in total. The second-order valence-electron chi connectivity index (χ2n) is 9.58. The third kappa shape index (κ3) is 5.54. The van der Waals surface area contributed by atoms with Gasteiger partial charge >= 0.3 is 6.18 Å². The van der Waals surface area contributed by atoms with E-state index in [1.165, 1.54) is 37.4 Å². The molecule has 39 heavy (non-hydrogen) atoms. The van der Waals surface area contributed by atoms with E-state index in [1.54, 1.807) is 0 Å². The maximum atomic E-state index is 15.4. The Morgan fingerprint density at radius 3 is 2.38 bits per heavy atom. The quantitative estimate of drug-likeness (QED) is 0.358. The molecule has 1 aliphatic rings. The van der Waals surface area contributed by atoms with Crippen molar-refractivity contribution in [2.45, 2.75) is 49.6 Å². The summed E-state index contributed by atoms with van der Waals surface area (Å²) in [4.78, 5) is 13.1. The molecule has 13 heteroatoms. The number of benzene rings is 2. The molecule has 0 saturated heterocycles. The third-order valence-electron chi connectivity index (χ3n) is 6.78. The number of alkyl halides is 3. The molecule has 0 spiro atoms. The summed E-state index contributed by atoms with van der Waals surface area (Å²) in [6.45, 7) is 2.94. The summed E-state index contributed by atoms with van der Waals surface area (Å²) in [6.07, 6.45) is -1.47. The molecule has 1 saturated carbocycles. The molecule has 1 fully saturated rings. The number of amides is 1. The van der Waals surface area contributed by atoms with Gasteiger partial charge in [-0.15, -0.1) is 10.2 Å². The highest BCUT2D eigenvalue weighted by Crippen LogP contribution is 2.48. The van der Waals surface area contributed by atoms with Gasteiger partial charge in [0.15, 0.2) is 32.8 Å². The van der Waals surface area contributed by atoms with Crippen molar-refractivity contribution >= 4 is 21.4 Å². The predicted octanol–water partition coefficient (Wildman–Crippen LogP) is 5.84. The number of methoxy groups -OCH3 is 1. The lowest BCUT2D eigenvalue weighted by Crippen LogP contribution is -2.31. The summed E-state index contributed by atoms with van der Waals surface area (Å²) in [7, 11) is -2.42. The van der Waals surface area contributed by atoms with Crippen LogP contribution in [-0.2, 0) is 21.4 Å². The molecule has 1 N–H and O–H groups in total. The zero-order valence-corrected chi connectivity index (χ0v) is 22.3. The summed E-state index contributed by atoms with van der Waals surface area (Å²) in [5, 5.41) is 9.08. The molecule has 208 valence electrons. The third-order valence-corrected chi connectivity index (χ3v) is 7.89. The van der Waals surface area contributed by atoms with Gasteiger partial charge in [-0.1, -0.05) is 25.5 Å². The van der Waals surface area contributed by atoms with Gasteiger partial charge in [0.25, 0.3) is 11.8 Å². The first-order valence-corrected chi connectivity index (χ1v) is 13.7. The summed E-state index contributed by atoms with van der Waals surface area (Å²) in [5.74, 6) is -2.91. The van der Waals surface area contributed by atoms with Crippen LogP contribution >= 0.6 is 0 Å². The smallest absolute Gasteiger partial charge is 0.435 e. The Morgan fingerprint density at radius 2 is 1.82 bits per heavy atom. The van der Waals surface area contributed by atoms with Gasteiger partial charge in [0.2, 0.25) is 0 Å². The Hall–Kier alpha value is -3.74. The van der Waals surface area contributed by atoms with Gasteiger partial charge in [-0.05, 0) is 60.6 Å². The van der Waals surface area contributed by atoms with E-state index in [1.807, 2.05) is 6.92 Å². The number of nitrogens with zero attached hydrogens (tertiary/aromatic N) is 2. The largest absolute Gasteiger partial charge is 0.490 e. The highest BCUT2D eigenvalue weighted by molar-refractivity contribution is 7.90. The van der Waals surface area contributed by atoms with E-state index in [0.29, 0.717) is 5.56 Å². The molecular formula is C26H25F4N3O5S. The van der Waals surface area contributed by atoms with Crippen molar-refractivity contribution in [2.75, 3.05) is 18.7 Å². The molecule has 1 amide bonds. The fourth-order valence-electron chi connectivity index (χ4n) is 4.46. The van der Waals surface area contributed by atoms with Crippen LogP contribution in [0, 0.1) is 12.7 Å². The fourth-order valence-corrected chi connectivity index (χ4v) is 5.13. The number of ether oxygens (including phenoxy) is 2. The van der Waals surface area contributed by atoms with E-state index in [2.05, 4.69) is 15.5 Å². The monoisotopic (exact) mass is 567 g/mol. The molecule has 0 bridgehead atoms. The van der Waals surface area contributed by atoms with Crippen molar-refractivity contribution in [3.8, 4) is 17.4 Å². The van der Waals surface area contributed by atoms with Crippen molar-refractivity contribution < 1.29 is 40.2 Å². The minimum absolute atomic E-state index is 0.000339. The normalized spacial score (nSPS) is 14.9. The Labute approximate surface area is 222 Å². The van der Waals surface area contributed by atoms with Crippen LogP contribution in [-0.4, -0.2) is 37.9 Å². The first-order valence-electron chi connectivity index (χ1n) is 11.8. The molecule has 0 aliphatic heterocycles. The van der Waals surface area contributed by atoms with Gasteiger partial charge in [-0.2, -0.15) is 13.2 Å². The number of carbonyl (C=O) groups is 1. The van der Waals surface area contributed by atoms with Crippen LogP contribution in [0.2, 0.25) is 0 Å². The summed E-state index contributed by atoms with van der Waals surface area (Å²) >= 11 is 0. The number of halogens is 4. The van der Waals surface area contributed by atoms with Crippen molar-refractivity contribution in [1.82, 2.24) is 10.2 Å². The van der Waals surface area contributed by atoms with E-state index in [-0.39, 0.29) is 27.5 Å². The number of nitrogens with one attached hydrogen (secondary N) is 1. The Balaban J connectivity index is 1.78. The molecule has 4 rings (SSSR count). The lowest BCUT2D eigenvalue weighted by Gasteiger charge is -2.39. The van der Waals surface area contributed by atoms with Crippen molar-refractivity contribution in [1.29, 1.82) is 0 Å². The van der Waals surface area contributed by atoms with E-state index >= 15 is 4.39 Å². The fraction of sp³-hybridized carbons (Fsp3) is 0.346. The van der Waals surface area contributed by atoms with Crippen molar-refractivity contribution in [3.05, 3.63) is 64.6 Å². The summed E-state index contributed by atoms with van der Waals surface area (Å²) in [6, 6.07) is 8.08. The minimum Gasteiger partial charge on any atom is -0.490 e. The van der Waals surface area contributed by atoms with Crippen LogP contribution < -0.4 is 14.8 Å². The maximum Gasteiger partial charge on any atom is 0.435 e. The topological polar surface area (TPSA) is 107 Å². The highest BCUT2D eigenvalue weighted by atomic mass is 32.2. The number of carbonyl (C=O) groups excluding carboxylic acids is 1. The zero-order chi connectivity index (χ0) is 28.8. The molecular weight excluding hydrogens is 542 g/mol. The van der Waals surface area contributed by atoms with Gasteiger partial charge in [-0.25, -0.2) is 12.8 Å². The number of hydrogen-bond acceptors (Lipinski definition) is 7. The Morgan fingerprint density at radius 1 is 1.13 bits per heavy atom. The van der Waals surface area contributed by atoms with E-state index < -0.39 is 50.4 Å². The molecule has 1 aliphatic carbocycles. The number of sulfone groups is 1. The van der Waals surface area contributed by atoms with Gasteiger partial charge in [-0.3, -0.25) is 4.79 Å². The summed E-state index contributed by atoms with van der Waals surface area (Å²) < 4.78 is 90.9. The molecule has 0 radical (unpaired) electrons. The predicted molar refractivity (Wildman–Crippen MR) is 134 cm³/mol. The van der Waals surface area contributed by atoms with Crippen molar-refractivity contribution in [2.24, 2.45) is 0 Å². The molecule has 1 heterocycles. The van der Waals surface area contributed by atoms with Crippen LogP contribution in [0.25, 0.3) is 0 Å². The lowest BCUT2D eigenvalue weighted by molar-refractivity contribution is -0.142. The van der Waals surface area contributed by atoms with Gasteiger partial charge in [0, 0.05) is 11.9 Å². The number of hydrogen-bond donors (Lipinski definition) is 1. The van der Waals surface area contributed by atoms with Crippen LogP contribution in [0.4, 0.5) is 23.2 Å². The van der Waals surface area contributed by atoms with E-state index in [9.17, 15) is 26.4 Å². The van der Waals surface area contributed by atoms with E-state index in [4.69, 9.17) is 9.47 Å². The average molecular weight is 568 g/mol. The van der Waals surface area contributed by atoms with Crippen LogP contribution in [0.3, 0.4) is 0 Å². The minimum atomic E-state index is -4.94. The van der Waals surface area contributed by atoms with E-state index in [0.717, 1.165) is 38.5 Å². The Bertz CT molecular complexity index is 1550. The van der Waals surface area contributed by atoms with Crippen LogP contribution in [0.1, 0.15) is 53.4 Å². The number of rotatable bonds is 7. The first kappa shape index (κ1) is 28.3. The lowest BCUT2D eigenvalue weighted by atomic mass is 9.66. The first-order chi connectivity index (χ1) is 18.2. The molecule has 2 aromatic carbocycles. The average Bonchev–Trinajstić information content (AvgIpc) is 2.82. The molecule has 0 atom stereocenters. The van der Waals surface area contributed by atoms with Crippen LogP contribution in [0.5, 0.6) is 17.4 Å². The molecule has 3 aromatic rings. The van der Waals surface area contributed by atoms with Crippen LogP contribution in [0.15, 0.2) is 41.3 Å². The zero-order valence-electron chi connectivity index (χ0n) is 21.4. The highest BCUT2D eigenvalue weighted by Gasteiger charge is 2.39. The van der Waals surface area contributed by atoms with Crippen molar-refractivity contribution in [3.63, 3.8) is 0 Å². The SMILES string of the molecule is COc1c(Oc2nnc(C(F)(F)F)c(C)c2C(=O)Nc2cccc(S(C)(=O)=O)c2)ccc(C2(C)CCC2)c1F.